The number of carbonyl (C=O) groups excluding carboxylic acids is 2. The number of nitro benzene ring substituents is 1. The molecule has 0 aromatic heterocycles. The van der Waals surface area contributed by atoms with Gasteiger partial charge < -0.3 is 19.9 Å². The van der Waals surface area contributed by atoms with Crippen LogP contribution in [0.4, 0.5) is 11.4 Å². The molecule has 0 saturated heterocycles. The lowest BCUT2D eigenvalue weighted by Gasteiger charge is -2.35. The van der Waals surface area contributed by atoms with Crippen LogP contribution in [0.5, 0.6) is 5.75 Å². The third kappa shape index (κ3) is 5.12. The Hall–Kier alpha value is -4.37. The number of esters is 2. The van der Waals surface area contributed by atoms with E-state index in [2.05, 4.69) is 15.9 Å². The van der Waals surface area contributed by atoms with Crippen molar-refractivity contribution in [2.75, 3.05) is 25.7 Å². The first kappa shape index (κ1) is 27.2. The second-order valence-electron chi connectivity index (χ2n) is 7.71. The zero-order chi connectivity index (χ0) is 27.3. The highest BCUT2D eigenvalue weighted by atomic mass is 79.9. The van der Waals surface area contributed by atoms with E-state index in [0.717, 1.165) is 19.1 Å². The smallest absolute Gasteiger partial charge is 0.355 e. The van der Waals surface area contributed by atoms with E-state index in [4.69, 9.17) is 19.9 Å². The van der Waals surface area contributed by atoms with E-state index >= 15 is 0 Å². The van der Waals surface area contributed by atoms with Crippen LogP contribution in [0, 0.1) is 21.4 Å². The quantitative estimate of drug-likeness (QED) is 0.278. The molecular weight excluding hydrogens is 548 g/mol. The fourth-order valence-electron chi connectivity index (χ4n) is 3.94. The average Bonchev–Trinajstić information content (AvgIpc) is 2.91. The van der Waals surface area contributed by atoms with Crippen LogP contribution >= 0.6 is 15.9 Å². The number of nitrogens with two attached hydrogens (primary N) is 1. The summed E-state index contributed by atoms with van der Waals surface area (Å²) in [5, 5.41) is 22.2. The van der Waals surface area contributed by atoms with E-state index in [1.54, 1.807) is 30.3 Å². The second kappa shape index (κ2) is 11.6. The minimum absolute atomic E-state index is 0.118. The molecule has 1 atom stereocenters. The highest BCUT2D eigenvalue weighted by Gasteiger charge is 2.44. The molecule has 2 aromatic rings. The van der Waals surface area contributed by atoms with Crippen molar-refractivity contribution < 1.29 is 28.7 Å². The van der Waals surface area contributed by atoms with Gasteiger partial charge in [-0.2, -0.15) is 5.26 Å². The normalized spacial score (nSPS) is 15.2. The third-order valence-electron chi connectivity index (χ3n) is 5.54. The summed E-state index contributed by atoms with van der Waals surface area (Å²) in [6.45, 7) is 2.18. The van der Waals surface area contributed by atoms with E-state index in [0.29, 0.717) is 18.6 Å². The number of hydrogen-bond donors (Lipinski definition) is 1. The zero-order valence-electron chi connectivity index (χ0n) is 20.2. The van der Waals surface area contributed by atoms with Crippen molar-refractivity contribution in [1.82, 2.24) is 0 Å². The van der Waals surface area contributed by atoms with E-state index < -0.39 is 34.2 Å². The van der Waals surface area contributed by atoms with Gasteiger partial charge in [-0.25, -0.2) is 9.59 Å². The predicted molar refractivity (Wildman–Crippen MR) is 136 cm³/mol. The molecule has 0 saturated carbocycles. The van der Waals surface area contributed by atoms with Crippen LogP contribution in [0.3, 0.4) is 0 Å². The molecule has 0 fully saturated rings. The summed E-state index contributed by atoms with van der Waals surface area (Å²) in [6.07, 6.45) is 0.654. The number of benzene rings is 2. The first-order valence-corrected chi connectivity index (χ1v) is 11.8. The molecule has 1 heterocycles. The van der Waals surface area contributed by atoms with Crippen LogP contribution < -0.4 is 15.4 Å². The zero-order valence-corrected chi connectivity index (χ0v) is 21.8. The predicted octanol–water partition coefficient (Wildman–Crippen LogP) is 4.04. The molecule has 0 bridgehead atoms. The topological polar surface area (TPSA) is 158 Å². The summed E-state index contributed by atoms with van der Waals surface area (Å²) in [7, 11) is 2.20. The van der Waals surface area contributed by atoms with Crippen molar-refractivity contribution in [1.29, 1.82) is 5.26 Å². The summed E-state index contributed by atoms with van der Waals surface area (Å²) in [5.74, 6) is -3.13. The monoisotopic (exact) mass is 570 g/mol. The van der Waals surface area contributed by atoms with Crippen LogP contribution in [0.15, 0.2) is 69.6 Å². The summed E-state index contributed by atoms with van der Waals surface area (Å²) in [4.78, 5) is 38.7. The minimum Gasteiger partial charge on any atom is -0.492 e. The maximum absolute atomic E-state index is 13.2. The maximum Gasteiger partial charge on any atom is 0.355 e. The highest BCUT2D eigenvalue weighted by Crippen LogP contribution is 2.47. The maximum atomic E-state index is 13.2. The largest absolute Gasteiger partial charge is 0.492 e. The molecular formula is C25H23BrN4O7. The van der Waals surface area contributed by atoms with Crippen LogP contribution in [0.25, 0.3) is 0 Å². The van der Waals surface area contributed by atoms with Crippen molar-refractivity contribution in [3.63, 3.8) is 0 Å². The van der Waals surface area contributed by atoms with Gasteiger partial charge >= 0.3 is 11.9 Å². The first-order chi connectivity index (χ1) is 17.7. The number of allylic oxidation sites excluding steroid dienone is 1. The molecule has 2 N–H and O–H groups in total. The van der Waals surface area contributed by atoms with Gasteiger partial charge in [-0.3, -0.25) is 15.0 Å². The third-order valence-corrected chi connectivity index (χ3v) is 6.16. The van der Waals surface area contributed by atoms with Crippen LogP contribution in [-0.4, -0.2) is 37.7 Å². The average molecular weight is 571 g/mol. The van der Waals surface area contributed by atoms with Gasteiger partial charge in [0.25, 0.3) is 5.69 Å². The van der Waals surface area contributed by atoms with Gasteiger partial charge in [0.15, 0.2) is 0 Å². The molecule has 12 heteroatoms. The SMILES string of the molecule is CCCOc1cc(N2C(N)=C(C#N)C(c3ccccc3)C(C(=O)OC)=C2C(=O)OC)c([N+](=O)[O-])cc1Br. The summed E-state index contributed by atoms with van der Waals surface area (Å²) in [6, 6.07) is 12.9. The van der Waals surface area contributed by atoms with Crippen molar-refractivity contribution in [3.05, 3.63) is 85.3 Å². The van der Waals surface area contributed by atoms with E-state index in [1.165, 1.54) is 12.1 Å². The Bertz CT molecular complexity index is 1350. The lowest BCUT2D eigenvalue weighted by atomic mass is 9.81. The fraction of sp³-hybridized carbons (Fsp3) is 0.240. The Morgan fingerprint density at radius 2 is 1.84 bits per heavy atom. The Morgan fingerprint density at radius 3 is 2.38 bits per heavy atom. The number of methoxy groups -OCH3 is 2. The molecule has 37 heavy (non-hydrogen) atoms. The number of hydrogen-bond acceptors (Lipinski definition) is 10. The van der Waals surface area contributed by atoms with E-state index in [-0.39, 0.29) is 32.9 Å². The number of ether oxygens (including phenoxy) is 3. The highest BCUT2D eigenvalue weighted by molar-refractivity contribution is 9.10. The lowest BCUT2D eigenvalue weighted by Crippen LogP contribution is -2.41. The van der Waals surface area contributed by atoms with Crippen LogP contribution in [-0.2, 0) is 19.1 Å². The number of nitriles is 1. The van der Waals surface area contributed by atoms with E-state index in [1.807, 2.05) is 13.0 Å². The van der Waals surface area contributed by atoms with Gasteiger partial charge in [0, 0.05) is 12.1 Å². The van der Waals surface area contributed by atoms with Gasteiger partial charge in [-0.15, -0.1) is 0 Å². The molecule has 11 nitrogen and oxygen atoms in total. The summed E-state index contributed by atoms with van der Waals surface area (Å²) in [5.41, 5.74) is 5.43. The minimum atomic E-state index is -1.10. The van der Waals surface area contributed by atoms with Crippen molar-refractivity contribution in [3.8, 4) is 11.8 Å². The lowest BCUT2D eigenvalue weighted by molar-refractivity contribution is -0.384. The van der Waals surface area contributed by atoms with Gasteiger partial charge in [0.2, 0.25) is 0 Å². The fourth-order valence-corrected chi connectivity index (χ4v) is 4.39. The molecule has 3 rings (SSSR count). The number of halogens is 1. The van der Waals surface area contributed by atoms with E-state index in [9.17, 15) is 25.0 Å². The van der Waals surface area contributed by atoms with Gasteiger partial charge in [-0.1, -0.05) is 37.3 Å². The number of rotatable bonds is 8. The molecule has 1 aliphatic rings. The molecule has 0 spiro atoms. The summed E-state index contributed by atoms with van der Waals surface area (Å²) >= 11 is 3.27. The molecule has 2 aromatic carbocycles. The molecule has 192 valence electrons. The van der Waals surface area contributed by atoms with Gasteiger partial charge in [-0.05, 0) is 27.9 Å². The molecule has 1 aliphatic heterocycles. The second-order valence-corrected chi connectivity index (χ2v) is 8.57. The molecule has 0 aliphatic carbocycles. The Morgan fingerprint density at radius 1 is 1.19 bits per heavy atom. The van der Waals surface area contributed by atoms with Crippen molar-refractivity contribution in [2.24, 2.45) is 5.73 Å². The van der Waals surface area contributed by atoms with Crippen molar-refractivity contribution in [2.45, 2.75) is 19.3 Å². The number of anilines is 1. The molecule has 0 radical (unpaired) electrons. The van der Waals surface area contributed by atoms with Crippen LogP contribution in [0.2, 0.25) is 0 Å². The Kier molecular flexibility index (Phi) is 8.52. The summed E-state index contributed by atoms with van der Waals surface area (Å²) < 4.78 is 15.9. The standard InChI is InChI=1S/C25H23BrN4O7/c1-4-10-37-19-12-17(18(30(33)34)11-16(19)26)29-22(25(32)36-3)21(24(31)35-2)20(15(13-27)23(29)28)14-8-6-5-7-9-14/h5-9,11-12,20H,4,10,28H2,1-3H3. The van der Waals surface area contributed by atoms with Crippen molar-refractivity contribution >= 4 is 39.2 Å². The molecule has 0 amide bonds. The Labute approximate surface area is 221 Å². The number of carbonyl (C=O) groups is 2. The Balaban J connectivity index is 2.48. The number of nitrogens with zero attached hydrogens (tertiary/aromatic N) is 3. The van der Waals surface area contributed by atoms with Gasteiger partial charge in [0.05, 0.1) is 53.4 Å². The van der Waals surface area contributed by atoms with Gasteiger partial charge in [0.1, 0.15) is 23.0 Å². The van der Waals surface area contributed by atoms with Crippen LogP contribution in [0.1, 0.15) is 24.8 Å². The first-order valence-electron chi connectivity index (χ1n) is 11.0. The molecule has 1 unspecified atom stereocenters. The number of nitro groups is 1.